The highest BCUT2D eigenvalue weighted by Crippen LogP contribution is 2.49. The second kappa shape index (κ2) is 17.6. The molecule has 7 atom stereocenters. The zero-order chi connectivity index (χ0) is 40.9. The van der Waals surface area contributed by atoms with E-state index >= 15 is 0 Å². The first kappa shape index (κ1) is 42.4. The number of esters is 1. The van der Waals surface area contributed by atoms with Gasteiger partial charge < -0.3 is 39.0 Å². The molecule has 4 aliphatic rings. The maximum atomic E-state index is 14.0. The van der Waals surface area contributed by atoms with Crippen LogP contribution in [0.3, 0.4) is 0 Å². The fourth-order valence-electron chi connectivity index (χ4n) is 7.26. The maximum absolute atomic E-state index is 14.0. The van der Waals surface area contributed by atoms with Crippen LogP contribution in [0.4, 0.5) is 10.5 Å². The van der Waals surface area contributed by atoms with Gasteiger partial charge in [-0.25, -0.2) is 4.79 Å². The van der Waals surface area contributed by atoms with E-state index in [1.807, 2.05) is 13.0 Å². The van der Waals surface area contributed by atoms with E-state index in [0.717, 1.165) is 16.0 Å². The summed E-state index contributed by atoms with van der Waals surface area (Å²) >= 11 is 6.73. The van der Waals surface area contributed by atoms with E-state index in [2.05, 4.69) is 10.6 Å². The molecular weight excluding hydrogens is 752 g/mol. The number of benzene rings is 1. The summed E-state index contributed by atoms with van der Waals surface area (Å²) in [5.74, 6) is -2.62. The molecule has 4 bridgehead atoms. The molecule has 304 valence electrons. The molecule has 0 spiro atoms. The molecule has 5 rings (SSSR count). The fraction of sp³-hybridized carbons (Fsp3) is 0.538. The Kier molecular flexibility index (Phi) is 13.3. The van der Waals surface area contributed by atoms with E-state index < -0.39 is 71.4 Å². The monoisotopic (exact) mass is 800 g/mol. The third-order valence-electron chi connectivity index (χ3n) is 10.6. The quantitative estimate of drug-likeness (QED) is 0.178. The number of epoxide rings is 1. The third kappa shape index (κ3) is 9.60. The summed E-state index contributed by atoms with van der Waals surface area (Å²) in [5, 5.41) is 17.0. The SMILES string of the molecule is COc1cc2cc(c1Cl)N(C)C(=O)CC(OC(=O)CCNC(=O)CCCN1C(=O)C=CC1=O)C1(C)OC1C(C)C1CC(O)(NC(=O)O1)C(OC)/C=C/C=C(\C)C2. The number of imide groups is 1. The second-order valence-electron chi connectivity index (χ2n) is 14.6. The van der Waals surface area contributed by atoms with E-state index in [-0.39, 0.29) is 56.1 Å². The lowest BCUT2D eigenvalue weighted by atomic mass is 9.83. The fourth-order valence-corrected chi connectivity index (χ4v) is 7.58. The van der Waals surface area contributed by atoms with Crippen molar-refractivity contribution in [2.24, 2.45) is 5.92 Å². The number of hydrogen-bond donors (Lipinski definition) is 3. The number of ether oxygens (including phenoxy) is 5. The topological polar surface area (TPSA) is 203 Å². The summed E-state index contributed by atoms with van der Waals surface area (Å²) in [6, 6.07) is 3.55. The number of anilines is 1. The van der Waals surface area contributed by atoms with Gasteiger partial charge in [-0.3, -0.25) is 34.2 Å². The van der Waals surface area contributed by atoms with Crippen LogP contribution in [0.25, 0.3) is 0 Å². The van der Waals surface area contributed by atoms with Gasteiger partial charge in [0.05, 0.1) is 31.7 Å². The molecule has 0 saturated carbocycles. The number of carbonyl (C=O) groups is 6. The minimum Gasteiger partial charge on any atom is -0.495 e. The predicted molar refractivity (Wildman–Crippen MR) is 201 cm³/mol. The first-order valence-corrected chi connectivity index (χ1v) is 18.8. The van der Waals surface area contributed by atoms with Crippen molar-refractivity contribution in [3.63, 3.8) is 0 Å². The van der Waals surface area contributed by atoms with Crippen LogP contribution in [0.2, 0.25) is 5.02 Å². The third-order valence-corrected chi connectivity index (χ3v) is 10.9. The molecule has 0 aromatic heterocycles. The zero-order valence-electron chi connectivity index (χ0n) is 32.3. The molecule has 1 aromatic rings. The number of alkyl carbamates (subject to hydrolysis) is 1. The summed E-state index contributed by atoms with van der Waals surface area (Å²) in [4.78, 5) is 78.5. The number of carbonyl (C=O) groups excluding carboxylic acids is 6. The lowest BCUT2D eigenvalue weighted by Crippen LogP contribution is -2.63. The smallest absolute Gasteiger partial charge is 0.409 e. The second-order valence-corrected chi connectivity index (χ2v) is 15.0. The number of amides is 5. The average molecular weight is 801 g/mol. The Morgan fingerprint density at radius 1 is 1.12 bits per heavy atom. The molecular formula is C39H49ClN4O12. The normalized spacial score (nSPS) is 30.8. The minimum absolute atomic E-state index is 0.0171. The molecule has 1 aromatic carbocycles. The van der Waals surface area contributed by atoms with Crippen molar-refractivity contribution in [2.75, 3.05) is 39.3 Å². The lowest BCUT2D eigenvalue weighted by molar-refractivity contribution is -0.153. The number of aliphatic hydroxyl groups is 1. The van der Waals surface area contributed by atoms with E-state index in [0.29, 0.717) is 17.9 Å². The van der Waals surface area contributed by atoms with Crippen LogP contribution in [-0.4, -0.2) is 116 Å². The van der Waals surface area contributed by atoms with Gasteiger partial charge in [-0.05, 0) is 44.4 Å². The highest BCUT2D eigenvalue weighted by molar-refractivity contribution is 6.35. The van der Waals surface area contributed by atoms with Crippen LogP contribution < -0.4 is 20.3 Å². The van der Waals surface area contributed by atoms with Gasteiger partial charge in [0.2, 0.25) is 11.8 Å². The van der Waals surface area contributed by atoms with Gasteiger partial charge in [0, 0.05) is 58.2 Å². The van der Waals surface area contributed by atoms with Crippen molar-refractivity contribution in [3.8, 4) is 5.75 Å². The number of halogens is 1. The maximum Gasteiger partial charge on any atom is 0.409 e. The first-order valence-electron chi connectivity index (χ1n) is 18.4. The summed E-state index contributed by atoms with van der Waals surface area (Å²) in [7, 11) is 4.44. The summed E-state index contributed by atoms with van der Waals surface area (Å²) < 4.78 is 28.9. The van der Waals surface area contributed by atoms with Crippen molar-refractivity contribution < 1.29 is 57.6 Å². The van der Waals surface area contributed by atoms with Gasteiger partial charge in [-0.15, -0.1) is 0 Å². The van der Waals surface area contributed by atoms with E-state index in [4.69, 9.17) is 35.3 Å². The Labute approximate surface area is 330 Å². The minimum atomic E-state index is -1.84. The number of nitrogens with zero attached hydrogens (tertiary/aromatic N) is 2. The largest absolute Gasteiger partial charge is 0.495 e. The number of hydrogen-bond acceptors (Lipinski definition) is 12. The number of nitrogens with one attached hydrogen (secondary N) is 2. The molecule has 7 unspecified atom stereocenters. The van der Waals surface area contributed by atoms with Crippen molar-refractivity contribution in [1.29, 1.82) is 0 Å². The van der Waals surface area contributed by atoms with Crippen molar-refractivity contribution >= 4 is 53.0 Å². The summed E-state index contributed by atoms with van der Waals surface area (Å²) in [6.45, 7) is 5.38. The number of rotatable bonds is 10. The Hall–Kier alpha value is -4.77. The van der Waals surface area contributed by atoms with E-state index in [9.17, 15) is 33.9 Å². The standard InChI is InChI=1S/C39H49ClN4O12/c1-22-9-7-10-28(53-6)39(51)21-27(54-37(50)42-39)23(2)36-38(3,56-36)29(20-33(48)43(4)25-18-24(17-22)19-26(52-5)35(25)40)55-34(49)14-15-41-30(45)11-8-16-44-31(46)12-13-32(44)47/h7,9-10,12-13,18-19,23,27-29,36,51H,8,11,14-17,20-21H2,1-6H3,(H,41,45)(H,42,50)/b10-7+,22-9+. The van der Waals surface area contributed by atoms with Gasteiger partial charge in [0.15, 0.2) is 5.72 Å². The van der Waals surface area contributed by atoms with E-state index in [1.165, 1.54) is 31.3 Å². The van der Waals surface area contributed by atoms with Gasteiger partial charge >= 0.3 is 12.1 Å². The molecule has 17 heteroatoms. The zero-order valence-corrected chi connectivity index (χ0v) is 33.1. The number of fused-ring (bicyclic) bond motifs is 5. The summed E-state index contributed by atoms with van der Waals surface area (Å²) in [6.07, 6.45) is 3.12. The van der Waals surface area contributed by atoms with Crippen molar-refractivity contribution in [3.05, 3.63) is 58.7 Å². The van der Waals surface area contributed by atoms with Crippen molar-refractivity contribution in [1.82, 2.24) is 15.5 Å². The molecule has 2 fully saturated rings. The van der Waals surface area contributed by atoms with E-state index in [1.54, 1.807) is 45.2 Å². The van der Waals surface area contributed by atoms with Crippen molar-refractivity contribution in [2.45, 2.75) is 95.0 Å². The number of methoxy groups -OCH3 is 2. The van der Waals surface area contributed by atoms with Gasteiger partial charge in [-0.1, -0.05) is 42.3 Å². The molecule has 2 saturated heterocycles. The first-order chi connectivity index (χ1) is 26.5. The van der Waals surface area contributed by atoms with Gasteiger partial charge in [-0.2, -0.15) is 0 Å². The highest BCUT2D eigenvalue weighted by atomic mass is 35.5. The Bertz CT molecular complexity index is 1810. The van der Waals surface area contributed by atoms with Crippen LogP contribution in [0.1, 0.15) is 58.4 Å². The molecule has 0 radical (unpaired) electrons. The molecule has 0 aliphatic carbocycles. The lowest BCUT2D eigenvalue weighted by Gasteiger charge is -2.42. The van der Waals surface area contributed by atoms with Crippen LogP contribution in [0.5, 0.6) is 5.75 Å². The molecule has 56 heavy (non-hydrogen) atoms. The van der Waals surface area contributed by atoms with Crippen LogP contribution in [-0.2, 0) is 49.3 Å². The average Bonchev–Trinajstić information content (AvgIpc) is 3.74. The highest BCUT2D eigenvalue weighted by Gasteiger charge is 2.64. The summed E-state index contributed by atoms with van der Waals surface area (Å²) in [5.41, 5.74) is -1.00. The Morgan fingerprint density at radius 2 is 1.84 bits per heavy atom. The molecule has 16 nitrogen and oxygen atoms in total. The molecule has 4 heterocycles. The molecule has 5 amide bonds. The Balaban J connectivity index is 1.37. The number of allylic oxidation sites excluding steroid dienone is 3. The van der Waals surface area contributed by atoms with Gasteiger partial charge in [0.25, 0.3) is 11.8 Å². The van der Waals surface area contributed by atoms with Crippen LogP contribution in [0, 0.1) is 5.92 Å². The molecule has 4 aliphatic heterocycles. The molecule has 3 N–H and O–H groups in total. The predicted octanol–water partition coefficient (Wildman–Crippen LogP) is 2.88. The Morgan fingerprint density at radius 3 is 2.52 bits per heavy atom. The van der Waals surface area contributed by atoms with Crippen LogP contribution >= 0.6 is 11.6 Å². The van der Waals surface area contributed by atoms with Crippen LogP contribution in [0.15, 0.2) is 48.1 Å². The van der Waals surface area contributed by atoms with Gasteiger partial charge in [0.1, 0.15) is 34.7 Å².